The fourth-order valence-electron chi connectivity index (χ4n) is 1.28. The Morgan fingerprint density at radius 1 is 1.67 bits per heavy atom. The van der Waals surface area contributed by atoms with Crippen molar-refractivity contribution in [2.24, 2.45) is 0 Å². The van der Waals surface area contributed by atoms with E-state index >= 15 is 0 Å². The van der Waals surface area contributed by atoms with Crippen molar-refractivity contribution in [3.05, 3.63) is 11.9 Å². The van der Waals surface area contributed by atoms with Gasteiger partial charge in [0.15, 0.2) is 0 Å². The molecule has 0 bridgehead atoms. The van der Waals surface area contributed by atoms with Crippen molar-refractivity contribution in [3.8, 4) is 0 Å². The van der Waals surface area contributed by atoms with Gasteiger partial charge in [0.1, 0.15) is 5.69 Å². The molecule has 0 saturated heterocycles. The lowest BCUT2D eigenvalue weighted by atomic mass is 10.2. The molecule has 0 spiro atoms. The molecule has 0 aliphatic carbocycles. The van der Waals surface area contributed by atoms with Crippen LogP contribution in [0.2, 0.25) is 0 Å². The highest BCUT2D eigenvalue weighted by atomic mass is 16.2. The molecule has 1 aromatic heterocycles. The van der Waals surface area contributed by atoms with E-state index in [0.29, 0.717) is 17.9 Å². The van der Waals surface area contributed by atoms with Crippen molar-refractivity contribution in [2.75, 3.05) is 5.73 Å². The van der Waals surface area contributed by atoms with E-state index in [1.807, 2.05) is 20.8 Å². The Morgan fingerprint density at radius 2 is 2.33 bits per heavy atom. The third-order valence-electron chi connectivity index (χ3n) is 2.37. The molecule has 5 nitrogen and oxygen atoms in total. The van der Waals surface area contributed by atoms with Crippen molar-refractivity contribution in [1.82, 2.24) is 15.1 Å². The van der Waals surface area contributed by atoms with Gasteiger partial charge >= 0.3 is 0 Å². The van der Waals surface area contributed by atoms with E-state index in [0.717, 1.165) is 6.42 Å². The molecule has 1 amide bonds. The van der Waals surface area contributed by atoms with E-state index in [1.54, 1.807) is 4.68 Å². The van der Waals surface area contributed by atoms with Crippen LogP contribution in [0.3, 0.4) is 0 Å². The van der Waals surface area contributed by atoms with E-state index in [4.69, 9.17) is 5.73 Å². The molecule has 0 fully saturated rings. The molecule has 15 heavy (non-hydrogen) atoms. The quantitative estimate of drug-likeness (QED) is 0.779. The Balaban J connectivity index is 2.85. The second-order valence-electron chi connectivity index (χ2n) is 3.55. The second-order valence-corrected chi connectivity index (χ2v) is 3.55. The maximum absolute atomic E-state index is 11.8. The molecule has 0 radical (unpaired) electrons. The number of nitrogens with one attached hydrogen (secondary N) is 1. The van der Waals surface area contributed by atoms with Crippen LogP contribution in [0.1, 0.15) is 37.7 Å². The lowest BCUT2D eigenvalue weighted by molar-refractivity contribution is 0.0929. The standard InChI is InChI=1S/C10H18N4O/c1-4-7(3)13-10(15)9-8(11)6-12-14(9)5-2/h6-7H,4-5,11H2,1-3H3,(H,13,15). The van der Waals surface area contributed by atoms with Crippen molar-refractivity contribution in [1.29, 1.82) is 0 Å². The number of carbonyl (C=O) groups excluding carboxylic acids is 1. The van der Waals surface area contributed by atoms with E-state index in [-0.39, 0.29) is 11.9 Å². The van der Waals surface area contributed by atoms with Crippen LogP contribution in [0.5, 0.6) is 0 Å². The number of amides is 1. The van der Waals surface area contributed by atoms with Crippen LogP contribution in [0.25, 0.3) is 0 Å². The van der Waals surface area contributed by atoms with Gasteiger partial charge in [-0.3, -0.25) is 9.48 Å². The largest absolute Gasteiger partial charge is 0.396 e. The van der Waals surface area contributed by atoms with Crippen LogP contribution in [0, 0.1) is 0 Å². The number of rotatable bonds is 4. The van der Waals surface area contributed by atoms with Crippen LogP contribution in [-0.2, 0) is 6.54 Å². The van der Waals surface area contributed by atoms with Crippen LogP contribution in [0.15, 0.2) is 6.20 Å². The highest BCUT2D eigenvalue weighted by Crippen LogP contribution is 2.10. The SMILES string of the molecule is CCC(C)NC(=O)c1c(N)cnn1CC. The zero-order chi connectivity index (χ0) is 11.4. The number of anilines is 1. The maximum atomic E-state index is 11.8. The first-order valence-electron chi connectivity index (χ1n) is 5.22. The molecule has 0 aliphatic rings. The molecule has 3 N–H and O–H groups in total. The molecule has 1 atom stereocenters. The summed E-state index contributed by atoms with van der Waals surface area (Å²) in [5.41, 5.74) is 6.58. The van der Waals surface area contributed by atoms with Crippen LogP contribution >= 0.6 is 0 Å². The van der Waals surface area contributed by atoms with Crippen molar-refractivity contribution < 1.29 is 4.79 Å². The Morgan fingerprint density at radius 3 is 2.87 bits per heavy atom. The average Bonchev–Trinajstić information content (AvgIpc) is 2.59. The Bertz CT molecular complexity index is 345. The number of aromatic nitrogens is 2. The van der Waals surface area contributed by atoms with Gasteiger partial charge in [-0.15, -0.1) is 0 Å². The minimum absolute atomic E-state index is 0.150. The summed E-state index contributed by atoms with van der Waals surface area (Å²) in [4.78, 5) is 11.8. The van der Waals surface area contributed by atoms with Gasteiger partial charge in [-0.2, -0.15) is 5.10 Å². The van der Waals surface area contributed by atoms with Gasteiger partial charge in [-0.1, -0.05) is 6.92 Å². The smallest absolute Gasteiger partial charge is 0.271 e. The number of nitrogens with two attached hydrogens (primary N) is 1. The third-order valence-corrected chi connectivity index (χ3v) is 2.37. The van der Waals surface area contributed by atoms with Gasteiger partial charge in [0.05, 0.1) is 11.9 Å². The minimum Gasteiger partial charge on any atom is -0.396 e. The van der Waals surface area contributed by atoms with Gasteiger partial charge in [0, 0.05) is 12.6 Å². The van der Waals surface area contributed by atoms with Crippen molar-refractivity contribution in [3.63, 3.8) is 0 Å². The van der Waals surface area contributed by atoms with Crippen molar-refractivity contribution in [2.45, 2.75) is 39.8 Å². The van der Waals surface area contributed by atoms with Crippen LogP contribution < -0.4 is 11.1 Å². The molecule has 1 rings (SSSR count). The predicted molar refractivity (Wildman–Crippen MR) is 59.5 cm³/mol. The summed E-state index contributed by atoms with van der Waals surface area (Å²) in [5, 5.41) is 6.89. The first-order chi connectivity index (χ1) is 7.10. The molecule has 0 aromatic carbocycles. The Hall–Kier alpha value is -1.52. The summed E-state index contributed by atoms with van der Waals surface area (Å²) < 4.78 is 1.60. The fraction of sp³-hybridized carbons (Fsp3) is 0.600. The van der Waals surface area contributed by atoms with Gasteiger partial charge in [0.25, 0.3) is 5.91 Å². The van der Waals surface area contributed by atoms with Crippen LogP contribution in [0.4, 0.5) is 5.69 Å². The van der Waals surface area contributed by atoms with E-state index in [2.05, 4.69) is 10.4 Å². The monoisotopic (exact) mass is 210 g/mol. The zero-order valence-corrected chi connectivity index (χ0v) is 9.45. The molecule has 84 valence electrons. The number of nitrogen functional groups attached to an aromatic ring is 1. The number of nitrogens with zero attached hydrogens (tertiary/aromatic N) is 2. The number of aryl methyl sites for hydroxylation is 1. The second kappa shape index (κ2) is 4.82. The van der Waals surface area contributed by atoms with Crippen LogP contribution in [-0.4, -0.2) is 21.7 Å². The van der Waals surface area contributed by atoms with E-state index < -0.39 is 0 Å². The van der Waals surface area contributed by atoms with Crippen molar-refractivity contribution >= 4 is 11.6 Å². The minimum atomic E-state index is -0.152. The summed E-state index contributed by atoms with van der Waals surface area (Å²) in [6.45, 7) is 6.54. The molecule has 0 saturated carbocycles. The van der Waals surface area contributed by atoms with Gasteiger partial charge in [0.2, 0.25) is 0 Å². The Kier molecular flexibility index (Phi) is 3.71. The van der Waals surface area contributed by atoms with Gasteiger partial charge in [-0.25, -0.2) is 0 Å². The number of carbonyl (C=O) groups is 1. The first kappa shape index (κ1) is 11.6. The molecule has 5 heteroatoms. The molecular formula is C10H18N4O. The molecule has 1 heterocycles. The fourth-order valence-corrected chi connectivity index (χ4v) is 1.28. The molecule has 0 aliphatic heterocycles. The molecule has 1 unspecified atom stereocenters. The normalized spacial score (nSPS) is 12.5. The van der Waals surface area contributed by atoms with E-state index in [9.17, 15) is 4.79 Å². The van der Waals surface area contributed by atoms with Gasteiger partial charge in [-0.05, 0) is 20.3 Å². The maximum Gasteiger partial charge on any atom is 0.271 e. The summed E-state index contributed by atoms with van der Waals surface area (Å²) >= 11 is 0. The number of hydrogen-bond acceptors (Lipinski definition) is 3. The predicted octanol–water partition coefficient (Wildman–Crippen LogP) is 1.01. The summed E-state index contributed by atoms with van der Waals surface area (Å²) in [6.07, 6.45) is 2.40. The third kappa shape index (κ3) is 2.49. The Labute approximate surface area is 89.6 Å². The summed E-state index contributed by atoms with van der Waals surface area (Å²) in [7, 11) is 0. The summed E-state index contributed by atoms with van der Waals surface area (Å²) in [5.74, 6) is -0.152. The van der Waals surface area contributed by atoms with Gasteiger partial charge < -0.3 is 11.1 Å². The highest BCUT2D eigenvalue weighted by molar-refractivity contribution is 5.97. The number of hydrogen-bond donors (Lipinski definition) is 2. The lowest BCUT2D eigenvalue weighted by Crippen LogP contribution is -2.34. The topological polar surface area (TPSA) is 72.9 Å². The molecule has 1 aromatic rings. The summed E-state index contributed by atoms with van der Waals surface area (Å²) in [6, 6.07) is 0.150. The highest BCUT2D eigenvalue weighted by Gasteiger charge is 2.16. The first-order valence-corrected chi connectivity index (χ1v) is 5.22. The lowest BCUT2D eigenvalue weighted by Gasteiger charge is -2.12. The average molecular weight is 210 g/mol. The molecular weight excluding hydrogens is 192 g/mol. The zero-order valence-electron chi connectivity index (χ0n) is 9.45. The van der Waals surface area contributed by atoms with E-state index in [1.165, 1.54) is 6.20 Å².